The van der Waals surface area contributed by atoms with Gasteiger partial charge in [0.1, 0.15) is 0 Å². The fourth-order valence-electron chi connectivity index (χ4n) is 8.34. The maximum absolute atomic E-state index is 5.38. The van der Waals surface area contributed by atoms with Crippen molar-refractivity contribution in [1.82, 2.24) is 9.97 Å². The molecule has 0 unspecified atom stereocenters. The number of rotatable bonds is 4. The Hall–Kier alpha value is -6.38. The molecule has 0 atom stereocenters. The first kappa shape index (κ1) is 29.5. The van der Waals surface area contributed by atoms with Crippen molar-refractivity contribution in [2.24, 2.45) is 0 Å². The van der Waals surface area contributed by atoms with Gasteiger partial charge in [0.15, 0.2) is 5.82 Å². The molecule has 9 aromatic rings. The van der Waals surface area contributed by atoms with Gasteiger partial charge in [0.05, 0.1) is 11.4 Å². The molecule has 51 heavy (non-hydrogen) atoms. The molecule has 1 aliphatic rings. The second-order valence-corrected chi connectivity index (χ2v) is 14.2. The van der Waals surface area contributed by atoms with Crippen LogP contribution in [-0.4, -0.2) is 9.97 Å². The number of benzene rings is 8. The standard InChI is InChI=1S/C49H34N2/c1-49(2)42-21-11-10-19-40(42)46-37(20-12-22-43(46)49)32-23-25-34(26-24-32)45-30-44(33-14-4-3-5-15-33)50-48(51-45)47-38-18-9-7-16-35(38)29-41-36-17-8-6-13-31(36)27-28-39(41)47/h3-30H,1-2H3. The van der Waals surface area contributed by atoms with Crippen LogP contribution in [0.1, 0.15) is 25.0 Å². The summed E-state index contributed by atoms with van der Waals surface area (Å²) in [6.07, 6.45) is 0. The highest BCUT2D eigenvalue weighted by Gasteiger charge is 2.36. The van der Waals surface area contributed by atoms with E-state index in [9.17, 15) is 0 Å². The van der Waals surface area contributed by atoms with Crippen LogP contribution in [0.15, 0.2) is 170 Å². The Kier molecular flexibility index (Phi) is 6.56. The van der Waals surface area contributed by atoms with E-state index < -0.39 is 0 Å². The molecule has 8 aromatic carbocycles. The van der Waals surface area contributed by atoms with Gasteiger partial charge in [-0.05, 0) is 77.8 Å². The van der Waals surface area contributed by atoms with Crippen molar-refractivity contribution in [3.05, 3.63) is 181 Å². The SMILES string of the molecule is CC1(C)c2ccccc2-c2c(-c3ccc(-c4cc(-c5ccccc5)nc(-c5c6ccccc6cc6c5ccc5ccccc56)n4)cc3)cccc21. The molecule has 2 heteroatoms. The first-order valence-corrected chi connectivity index (χ1v) is 17.7. The van der Waals surface area contributed by atoms with Crippen LogP contribution in [0.3, 0.4) is 0 Å². The lowest BCUT2D eigenvalue weighted by Gasteiger charge is -2.21. The zero-order valence-corrected chi connectivity index (χ0v) is 28.6. The second kappa shape index (κ2) is 11.3. The summed E-state index contributed by atoms with van der Waals surface area (Å²) in [5.41, 5.74) is 12.9. The van der Waals surface area contributed by atoms with Gasteiger partial charge >= 0.3 is 0 Å². The molecule has 2 nitrogen and oxygen atoms in total. The van der Waals surface area contributed by atoms with Gasteiger partial charge in [0.2, 0.25) is 0 Å². The largest absolute Gasteiger partial charge is 0.228 e. The molecule has 0 fully saturated rings. The molecule has 0 N–H and O–H groups in total. The Bertz CT molecular complexity index is 2810. The molecular formula is C49H34N2. The Morgan fingerprint density at radius 2 is 0.980 bits per heavy atom. The maximum atomic E-state index is 5.38. The van der Waals surface area contributed by atoms with Crippen molar-refractivity contribution in [3.8, 4) is 56.2 Å². The minimum absolute atomic E-state index is 0.0366. The van der Waals surface area contributed by atoms with Crippen molar-refractivity contribution >= 4 is 32.3 Å². The molecule has 240 valence electrons. The predicted molar refractivity (Wildman–Crippen MR) is 214 cm³/mol. The van der Waals surface area contributed by atoms with Crippen molar-refractivity contribution < 1.29 is 0 Å². The van der Waals surface area contributed by atoms with Gasteiger partial charge in [0, 0.05) is 22.1 Å². The third kappa shape index (κ3) is 4.64. The van der Waals surface area contributed by atoms with Gasteiger partial charge < -0.3 is 0 Å². The van der Waals surface area contributed by atoms with Crippen LogP contribution in [0.2, 0.25) is 0 Å². The maximum Gasteiger partial charge on any atom is 0.161 e. The van der Waals surface area contributed by atoms with Crippen LogP contribution in [0.5, 0.6) is 0 Å². The summed E-state index contributed by atoms with van der Waals surface area (Å²) < 4.78 is 0. The van der Waals surface area contributed by atoms with Gasteiger partial charge in [-0.15, -0.1) is 0 Å². The zero-order valence-electron chi connectivity index (χ0n) is 28.6. The first-order chi connectivity index (χ1) is 25.0. The molecule has 0 radical (unpaired) electrons. The normalized spacial score (nSPS) is 13.1. The Morgan fingerprint density at radius 1 is 0.373 bits per heavy atom. The Labute approximate surface area is 297 Å². The highest BCUT2D eigenvalue weighted by atomic mass is 14.9. The first-order valence-electron chi connectivity index (χ1n) is 17.7. The molecule has 0 amide bonds. The Morgan fingerprint density at radius 3 is 1.78 bits per heavy atom. The van der Waals surface area contributed by atoms with Gasteiger partial charge in [-0.1, -0.05) is 172 Å². The topological polar surface area (TPSA) is 25.8 Å². The van der Waals surface area contributed by atoms with Crippen molar-refractivity contribution in [2.75, 3.05) is 0 Å². The van der Waals surface area contributed by atoms with E-state index in [1.807, 2.05) is 0 Å². The lowest BCUT2D eigenvalue weighted by molar-refractivity contribution is 0.660. The number of nitrogens with zero attached hydrogens (tertiary/aromatic N) is 2. The molecular weight excluding hydrogens is 617 g/mol. The van der Waals surface area contributed by atoms with Gasteiger partial charge in [-0.3, -0.25) is 0 Å². The molecule has 10 rings (SSSR count). The minimum atomic E-state index is -0.0366. The van der Waals surface area contributed by atoms with Gasteiger partial charge in [-0.2, -0.15) is 0 Å². The summed E-state index contributed by atoms with van der Waals surface area (Å²) in [4.78, 5) is 10.7. The van der Waals surface area contributed by atoms with Crippen molar-refractivity contribution in [2.45, 2.75) is 19.3 Å². The average Bonchev–Trinajstić information content (AvgIpc) is 3.43. The fourth-order valence-corrected chi connectivity index (χ4v) is 8.34. The summed E-state index contributed by atoms with van der Waals surface area (Å²) in [5.74, 6) is 0.729. The monoisotopic (exact) mass is 650 g/mol. The Balaban J connectivity index is 1.17. The quantitative estimate of drug-likeness (QED) is 0.140. The number of hydrogen-bond donors (Lipinski definition) is 0. The van der Waals surface area contributed by atoms with Gasteiger partial charge in [0.25, 0.3) is 0 Å². The van der Waals surface area contributed by atoms with Crippen LogP contribution in [-0.2, 0) is 5.41 Å². The highest BCUT2D eigenvalue weighted by molar-refractivity contribution is 6.19. The molecule has 1 aromatic heterocycles. The van der Waals surface area contributed by atoms with E-state index in [2.05, 4.69) is 184 Å². The number of aromatic nitrogens is 2. The van der Waals surface area contributed by atoms with E-state index in [0.717, 1.165) is 44.7 Å². The van der Waals surface area contributed by atoms with Crippen LogP contribution in [0.4, 0.5) is 0 Å². The van der Waals surface area contributed by atoms with Crippen molar-refractivity contribution in [1.29, 1.82) is 0 Å². The molecule has 0 spiro atoms. The van der Waals surface area contributed by atoms with E-state index in [0.29, 0.717) is 0 Å². The average molecular weight is 651 g/mol. The predicted octanol–water partition coefficient (Wildman–Crippen LogP) is 12.9. The summed E-state index contributed by atoms with van der Waals surface area (Å²) in [6, 6.07) is 61.2. The summed E-state index contributed by atoms with van der Waals surface area (Å²) >= 11 is 0. The third-order valence-corrected chi connectivity index (χ3v) is 10.9. The molecule has 0 aliphatic heterocycles. The smallest absolute Gasteiger partial charge is 0.161 e. The molecule has 0 saturated heterocycles. The highest BCUT2D eigenvalue weighted by Crippen LogP contribution is 2.52. The van der Waals surface area contributed by atoms with E-state index in [1.54, 1.807) is 0 Å². The molecule has 1 aliphatic carbocycles. The van der Waals surface area contributed by atoms with Crippen LogP contribution in [0, 0.1) is 0 Å². The number of hydrogen-bond acceptors (Lipinski definition) is 2. The van der Waals surface area contributed by atoms with Crippen LogP contribution in [0.25, 0.3) is 88.5 Å². The van der Waals surface area contributed by atoms with E-state index in [1.165, 1.54) is 54.9 Å². The van der Waals surface area contributed by atoms with E-state index >= 15 is 0 Å². The molecule has 0 bridgehead atoms. The zero-order chi connectivity index (χ0) is 34.1. The minimum Gasteiger partial charge on any atom is -0.228 e. The lowest BCUT2D eigenvalue weighted by Crippen LogP contribution is -2.14. The molecule has 1 heterocycles. The van der Waals surface area contributed by atoms with E-state index in [-0.39, 0.29) is 5.41 Å². The van der Waals surface area contributed by atoms with Gasteiger partial charge in [-0.25, -0.2) is 9.97 Å². The third-order valence-electron chi connectivity index (χ3n) is 10.9. The summed E-state index contributed by atoms with van der Waals surface area (Å²) in [7, 11) is 0. The number of fused-ring (bicyclic) bond motifs is 7. The fraction of sp³-hybridized carbons (Fsp3) is 0.0612. The summed E-state index contributed by atoms with van der Waals surface area (Å²) in [5, 5.41) is 7.14. The van der Waals surface area contributed by atoms with Crippen LogP contribution < -0.4 is 0 Å². The second-order valence-electron chi connectivity index (χ2n) is 14.2. The lowest BCUT2D eigenvalue weighted by atomic mass is 9.82. The van der Waals surface area contributed by atoms with E-state index in [4.69, 9.17) is 9.97 Å². The van der Waals surface area contributed by atoms with Crippen LogP contribution >= 0.6 is 0 Å². The van der Waals surface area contributed by atoms with Crippen molar-refractivity contribution in [3.63, 3.8) is 0 Å². The summed E-state index contributed by atoms with van der Waals surface area (Å²) in [6.45, 7) is 4.67. The molecule has 0 saturated carbocycles.